The van der Waals surface area contributed by atoms with Crippen LogP contribution in [0.2, 0.25) is 19.6 Å². The maximum Gasteiger partial charge on any atom is 1.00 e. The van der Waals surface area contributed by atoms with Crippen molar-refractivity contribution >= 4 is 8.07 Å². The van der Waals surface area contributed by atoms with Crippen molar-refractivity contribution in [1.29, 1.82) is 0 Å². The normalized spacial score (nSPS) is 13.1. The summed E-state index contributed by atoms with van der Waals surface area (Å²) < 4.78 is 5.40. The molecule has 0 spiro atoms. The van der Waals surface area contributed by atoms with Gasteiger partial charge in [-0.1, -0.05) is 86.4 Å². The second-order valence-corrected chi connectivity index (χ2v) is 11.9. The first kappa shape index (κ1) is 19.6. The Hall–Kier alpha value is -1.41. The molecule has 0 fully saturated rings. The molecule has 0 saturated heterocycles. The molecule has 0 heterocycles. The van der Waals surface area contributed by atoms with Crippen molar-refractivity contribution in [2.45, 2.75) is 31.8 Å². The molecule has 2 aromatic carbocycles. The van der Waals surface area contributed by atoms with Crippen LogP contribution >= 0.6 is 0 Å². The monoisotopic (exact) mass is 318 g/mol. The van der Waals surface area contributed by atoms with E-state index in [1.54, 1.807) is 6.08 Å². The molecule has 0 bridgehead atoms. The van der Waals surface area contributed by atoms with Gasteiger partial charge in [0, 0.05) is 12.6 Å². The molecule has 2 aromatic rings. The maximum absolute atomic E-state index is 12.2. The van der Waals surface area contributed by atoms with E-state index in [1.165, 1.54) is 5.56 Å². The Balaban J connectivity index is 0.00000264. The molecule has 0 aliphatic carbocycles. The first-order valence-electron chi connectivity index (χ1n) is 7.57. The topological polar surface area (TPSA) is 32.3 Å². The fourth-order valence-electron chi connectivity index (χ4n) is 2.42. The van der Waals surface area contributed by atoms with Crippen molar-refractivity contribution in [3.05, 3.63) is 83.8 Å². The van der Waals surface area contributed by atoms with E-state index in [9.17, 15) is 5.11 Å². The Morgan fingerprint density at radius 3 is 2.04 bits per heavy atom. The fourth-order valence-corrected chi connectivity index (χ4v) is 4.25. The van der Waals surface area contributed by atoms with E-state index in [4.69, 9.17) is 4.74 Å². The minimum absolute atomic E-state index is 0. The Labute approximate surface area is 152 Å². The van der Waals surface area contributed by atoms with Gasteiger partial charge in [0.05, 0.1) is 8.07 Å². The van der Waals surface area contributed by atoms with Gasteiger partial charge in [-0.3, -0.25) is 0 Å². The summed E-state index contributed by atoms with van der Waals surface area (Å²) in [4.78, 5) is 0. The molecule has 116 valence electrons. The number of allylic oxidation sites excluding steroid dienone is 1. The van der Waals surface area contributed by atoms with Gasteiger partial charge in [0.25, 0.3) is 0 Å². The zero-order valence-electron chi connectivity index (χ0n) is 14.5. The van der Waals surface area contributed by atoms with Gasteiger partial charge in [0.2, 0.25) is 0 Å². The smallest absolute Gasteiger partial charge is 0.609 e. The van der Waals surface area contributed by atoms with Crippen LogP contribution in [0.5, 0.6) is 0 Å². The summed E-state index contributed by atoms with van der Waals surface area (Å²) in [6.45, 7) is 7.13. The van der Waals surface area contributed by atoms with Crippen molar-refractivity contribution in [2.75, 3.05) is 0 Å². The molecule has 2 rings (SSSR count). The molecule has 0 aromatic heterocycles. The predicted molar refractivity (Wildman–Crippen MR) is 91.8 cm³/mol. The number of rotatable bonds is 6. The van der Waals surface area contributed by atoms with E-state index in [0.717, 1.165) is 5.56 Å². The van der Waals surface area contributed by atoms with Crippen LogP contribution in [-0.4, -0.2) is 8.07 Å². The molecule has 23 heavy (non-hydrogen) atoms. The summed E-state index contributed by atoms with van der Waals surface area (Å²) in [5.41, 5.74) is 2.36. The molecule has 1 atom stereocenters. The number of hydrogen-bond donors (Lipinski definition) is 0. The molecule has 0 aliphatic heterocycles. The summed E-state index contributed by atoms with van der Waals surface area (Å²) >= 11 is 0. The van der Waals surface area contributed by atoms with Crippen molar-refractivity contribution in [3.8, 4) is 0 Å². The number of ether oxygens (including phenoxy) is 1. The first-order chi connectivity index (χ1) is 10.5. The minimum Gasteiger partial charge on any atom is -0.609 e. The molecule has 0 saturated carbocycles. The van der Waals surface area contributed by atoms with Crippen LogP contribution in [0.4, 0.5) is 0 Å². The van der Waals surface area contributed by atoms with E-state index >= 15 is 0 Å². The Morgan fingerprint density at radius 1 is 1.00 bits per heavy atom. The minimum atomic E-state index is -1.55. The largest absolute Gasteiger partial charge is 1.00 e. The predicted octanol–water partition coefficient (Wildman–Crippen LogP) is 1.07. The Morgan fingerprint density at radius 2 is 1.52 bits per heavy atom. The van der Waals surface area contributed by atoms with Crippen molar-refractivity contribution < 1.29 is 28.7 Å². The number of hydrogen-bond acceptors (Lipinski definition) is 2. The average Bonchev–Trinajstić information content (AvgIpc) is 2.51. The van der Waals surface area contributed by atoms with Crippen molar-refractivity contribution in [1.82, 2.24) is 0 Å². The first-order valence-corrected chi connectivity index (χ1v) is 11.1. The zero-order chi connectivity index (χ0) is 16.0. The van der Waals surface area contributed by atoms with Crippen LogP contribution in [-0.2, 0) is 11.3 Å². The van der Waals surface area contributed by atoms with Gasteiger partial charge in [0.15, 0.2) is 0 Å². The third-order valence-corrected chi connectivity index (χ3v) is 5.98. The second kappa shape index (κ2) is 9.03. The van der Waals surface area contributed by atoms with Gasteiger partial charge in [-0.25, -0.2) is 0 Å². The molecule has 1 unspecified atom stereocenters. The van der Waals surface area contributed by atoms with E-state index in [-0.39, 0.29) is 30.3 Å². The van der Waals surface area contributed by atoms with Crippen LogP contribution < -0.4 is 24.0 Å². The second-order valence-electron chi connectivity index (χ2n) is 6.51. The van der Waals surface area contributed by atoms with Gasteiger partial charge in [-0.15, -0.1) is 0 Å². The van der Waals surface area contributed by atoms with Crippen LogP contribution in [0.15, 0.2) is 72.7 Å². The summed E-state index contributed by atoms with van der Waals surface area (Å²) in [5, 5.41) is 12.2. The molecule has 0 radical (unpaired) electrons. The Bertz CT molecular complexity index is 606. The molecule has 2 nitrogen and oxygen atoms in total. The third-order valence-electron chi connectivity index (χ3n) is 3.62. The van der Waals surface area contributed by atoms with Gasteiger partial charge >= 0.3 is 18.9 Å². The van der Waals surface area contributed by atoms with Crippen LogP contribution in [0.3, 0.4) is 0 Å². The summed E-state index contributed by atoms with van der Waals surface area (Å²) in [5.74, 6) is -0.236. The SMILES string of the molecule is C[Si](C)(C)C(/C=C(/[O-])OCc1ccccc1)c1ccccc1.[Li+]. The van der Waals surface area contributed by atoms with Crippen molar-refractivity contribution in [2.24, 2.45) is 0 Å². The number of benzene rings is 2. The fraction of sp³-hybridized carbons (Fsp3) is 0.263. The molecule has 0 aliphatic rings. The summed E-state index contributed by atoms with van der Waals surface area (Å²) in [6, 6.07) is 20.0. The quantitative estimate of drug-likeness (QED) is 0.589. The van der Waals surface area contributed by atoms with Crippen LogP contribution in [0.25, 0.3) is 0 Å². The van der Waals surface area contributed by atoms with Gasteiger partial charge in [0.1, 0.15) is 0 Å². The standard InChI is InChI=1S/C19H24O2Si.Li/c1-22(2,3)18(17-12-8-5-9-13-17)14-19(20)21-15-16-10-6-4-7-11-16;/h4-14,18,20H,15H2,1-3H3;/q;+1/p-1/b19-14-;. The van der Waals surface area contributed by atoms with E-state index in [1.807, 2.05) is 48.5 Å². The summed E-state index contributed by atoms with van der Waals surface area (Å²) in [7, 11) is -1.55. The Kier molecular flexibility index (Phi) is 7.71. The van der Waals surface area contributed by atoms with E-state index in [2.05, 4.69) is 31.8 Å². The molecular formula is C19H23LiO2Si. The zero-order valence-corrected chi connectivity index (χ0v) is 15.5. The third kappa shape index (κ3) is 6.31. The molecule has 0 N–H and O–H groups in total. The summed E-state index contributed by atoms with van der Waals surface area (Å²) in [6.07, 6.45) is 1.75. The van der Waals surface area contributed by atoms with Gasteiger partial charge in [-0.05, 0) is 16.7 Å². The molecule has 4 heteroatoms. The van der Waals surface area contributed by atoms with E-state index in [0.29, 0.717) is 6.61 Å². The molecule has 0 amide bonds. The van der Waals surface area contributed by atoms with E-state index < -0.39 is 8.07 Å². The van der Waals surface area contributed by atoms with Crippen molar-refractivity contribution in [3.63, 3.8) is 0 Å². The van der Waals surface area contributed by atoms with Crippen LogP contribution in [0.1, 0.15) is 16.7 Å². The maximum atomic E-state index is 12.2. The van der Waals surface area contributed by atoms with Gasteiger partial charge in [-0.2, -0.15) is 0 Å². The average molecular weight is 318 g/mol. The van der Waals surface area contributed by atoms with Gasteiger partial charge < -0.3 is 9.84 Å². The van der Waals surface area contributed by atoms with Crippen LogP contribution in [0, 0.1) is 0 Å². The molecular weight excluding hydrogens is 295 g/mol.